The summed E-state index contributed by atoms with van der Waals surface area (Å²) in [5.41, 5.74) is 0. The fraction of sp³-hybridized carbons (Fsp3) is 1.00. The van der Waals surface area contributed by atoms with Gasteiger partial charge < -0.3 is 190 Å². The Kier molecular flexibility index (Phi) is 119. The van der Waals surface area contributed by atoms with Crippen LogP contribution in [0, 0.1) is 0 Å². The molecule has 0 heterocycles. The number of hydrogen-bond acceptors (Lipinski definition) is 43. The highest BCUT2D eigenvalue weighted by Crippen LogP contribution is 2.04. The van der Waals surface area contributed by atoms with Crippen LogP contribution in [-0.2, 0) is 188 Å². The molecule has 0 aliphatic rings. The first kappa shape index (κ1) is 122. The van der Waals surface area contributed by atoms with Crippen molar-refractivity contribution in [2.24, 2.45) is 0 Å². The second-order valence-electron chi connectivity index (χ2n) is 24.4. The molecule has 43 heteroatoms. The first-order chi connectivity index (χ1) is 61.4. The third-order valence-electron chi connectivity index (χ3n) is 14.6. The van der Waals surface area contributed by atoms with Crippen molar-refractivity contribution in [2.75, 3.05) is 529 Å². The van der Waals surface area contributed by atoms with Gasteiger partial charge in [0.1, 0.15) is 0 Å². The highest BCUT2D eigenvalue weighted by atomic mass is 32.2. The standard InChI is InChI=1S/C80H162O42S/c81-1-3-83-5-7-85-9-11-87-13-15-89-17-19-91-21-23-93-25-27-95-29-31-97-33-35-99-37-39-101-41-43-103-45-47-105-49-51-107-53-55-109-57-59-111-61-63-113-65-67-115-69-71-117-73-75-119-77-79-121-123-122-80-78-120-76-74-118-72-70-116-68-66-114-64-62-112-60-58-110-56-54-108-52-50-106-48-46-104-44-42-102-40-38-100-36-34-98-32-30-96-28-26-94-24-22-92-20-18-90-16-14-88-12-10-86-8-6-84-4-2-82/h81-82H,1-80H2. The molecule has 0 saturated heterocycles. The van der Waals surface area contributed by atoms with Gasteiger partial charge in [0, 0.05) is 0 Å². The van der Waals surface area contributed by atoms with Crippen molar-refractivity contribution in [3.8, 4) is 0 Å². The molecule has 123 heavy (non-hydrogen) atoms. The van der Waals surface area contributed by atoms with Crippen LogP contribution in [0.25, 0.3) is 0 Å². The third-order valence-corrected chi connectivity index (χ3v) is 15.1. The van der Waals surface area contributed by atoms with E-state index in [-0.39, 0.29) is 13.2 Å². The Morgan fingerprint density at radius 1 is 0.0813 bits per heavy atom. The van der Waals surface area contributed by atoms with Crippen LogP contribution in [0.3, 0.4) is 0 Å². The van der Waals surface area contributed by atoms with Crippen molar-refractivity contribution in [1.29, 1.82) is 0 Å². The zero-order valence-corrected chi connectivity index (χ0v) is 75.0. The zero-order chi connectivity index (χ0) is 87.6. The van der Waals surface area contributed by atoms with Gasteiger partial charge in [-0.15, -0.1) is 0 Å². The molecular weight excluding hydrogens is 1660 g/mol. The molecule has 0 aromatic rings. The van der Waals surface area contributed by atoms with Crippen molar-refractivity contribution in [3.05, 3.63) is 0 Å². The lowest BCUT2D eigenvalue weighted by Gasteiger charge is -2.09. The molecule has 0 atom stereocenters. The lowest BCUT2D eigenvalue weighted by molar-refractivity contribution is -0.0313. The van der Waals surface area contributed by atoms with Gasteiger partial charge in [-0.05, 0) is 0 Å². The molecule has 0 aliphatic heterocycles. The predicted molar refractivity (Wildman–Crippen MR) is 445 cm³/mol. The van der Waals surface area contributed by atoms with E-state index >= 15 is 0 Å². The van der Waals surface area contributed by atoms with Gasteiger partial charge in [-0.1, -0.05) is 0 Å². The molecule has 740 valence electrons. The van der Waals surface area contributed by atoms with Crippen molar-refractivity contribution in [2.45, 2.75) is 0 Å². The van der Waals surface area contributed by atoms with Gasteiger partial charge in [0.05, 0.1) is 529 Å². The Balaban J connectivity index is 3.10. The summed E-state index contributed by atoms with van der Waals surface area (Å²) in [4.78, 5) is 0. The van der Waals surface area contributed by atoms with Crippen LogP contribution in [-0.4, -0.2) is 539 Å². The minimum atomic E-state index is 0.0144. The lowest BCUT2D eigenvalue weighted by atomic mass is 10.6. The maximum Gasteiger partial charge on any atom is 0.158 e. The average Bonchev–Trinajstić information content (AvgIpc) is 1.42. The highest BCUT2D eigenvalue weighted by molar-refractivity contribution is 7.89. The molecule has 0 saturated carbocycles. The van der Waals surface area contributed by atoms with Gasteiger partial charge in [-0.3, -0.25) is 8.37 Å². The van der Waals surface area contributed by atoms with Gasteiger partial charge in [0.25, 0.3) is 0 Å². The van der Waals surface area contributed by atoms with Crippen molar-refractivity contribution >= 4 is 12.3 Å². The van der Waals surface area contributed by atoms with Crippen LogP contribution in [0.4, 0.5) is 0 Å². The molecule has 0 fully saturated rings. The second-order valence-corrected chi connectivity index (χ2v) is 25.0. The number of ether oxygens (including phenoxy) is 38. The largest absolute Gasteiger partial charge is 0.394 e. The molecule has 0 aliphatic carbocycles. The van der Waals surface area contributed by atoms with Crippen molar-refractivity contribution in [3.63, 3.8) is 0 Å². The van der Waals surface area contributed by atoms with Crippen molar-refractivity contribution in [1.82, 2.24) is 0 Å². The zero-order valence-electron chi connectivity index (χ0n) is 74.2. The van der Waals surface area contributed by atoms with Crippen LogP contribution in [0.15, 0.2) is 0 Å². The van der Waals surface area contributed by atoms with Gasteiger partial charge >= 0.3 is 0 Å². The van der Waals surface area contributed by atoms with Crippen LogP contribution < -0.4 is 0 Å². The first-order valence-electron chi connectivity index (χ1n) is 43.5. The molecule has 0 unspecified atom stereocenters. The molecule has 0 amide bonds. The summed E-state index contributed by atoms with van der Waals surface area (Å²) < 4.78 is 219. The van der Waals surface area contributed by atoms with Crippen LogP contribution in [0.2, 0.25) is 0 Å². The quantitative estimate of drug-likeness (QED) is 0.0606. The summed E-state index contributed by atoms with van der Waals surface area (Å²) in [6.45, 7) is 36.5. The molecule has 2 N–H and O–H groups in total. The summed E-state index contributed by atoms with van der Waals surface area (Å²) in [5.74, 6) is 0. The Morgan fingerprint density at radius 2 is 0.138 bits per heavy atom. The molecule has 0 radical (unpaired) electrons. The average molecular weight is 1830 g/mol. The molecule has 0 bridgehead atoms. The normalized spacial score (nSPS) is 11.9. The Hall–Kier alpha value is -1.33. The van der Waals surface area contributed by atoms with E-state index in [0.29, 0.717) is 515 Å². The van der Waals surface area contributed by atoms with Gasteiger partial charge in [0.2, 0.25) is 0 Å². The third kappa shape index (κ3) is 121. The van der Waals surface area contributed by atoms with E-state index in [0.717, 1.165) is 12.3 Å². The SMILES string of the molecule is OCCOCCOCCOCCOCCOCCOCCOCCOCCOCCOCCOCCOCCOCCOCCOCCOCCOCCOCCOCCOSOCCOCCOCCOCCOCCOCCOCCOCCOCCOCCOCCOCCOCCOCCOCCOCCOCCOCCOCCOCCO. The van der Waals surface area contributed by atoms with Gasteiger partial charge in [-0.2, -0.15) is 0 Å². The first-order valence-corrected chi connectivity index (χ1v) is 44.1. The van der Waals surface area contributed by atoms with Gasteiger partial charge in [0.15, 0.2) is 12.3 Å². The Labute approximate surface area is 736 Å². The smallest absolute Gasteiger partial charge is 0.158 e. The van der Waals surface area contributed by atoms with E-state index in [1.807, 2.05) is 0 Å². The fourth-order valence-electron chi connectivity index (χ4n) is 8.54. The number of hydrogen-bond donors (Lipinski definition) is 2. The maximum absolute atomic E-state index is 8.63. The fourth-order valence-corrected chi connectivity index (χ4v) is 8.88. The number of aliphatic hydroxyl groups excluding tert-OH is 2. The molecular formula is C80H162O42S. The second kappa shape index (κ2) is 121. The summed E-state index contributed by atoms with van der Waals surface area (Å²) in [7, 11) is 0. The predicted octanol–water partition coefficient (Wildman–Crippen LogP) is 0.198. The number of rotatable bonds is 120. The number of aliphatic hydroxyl groups is 2. The topological polar surface area (TPSA) is 410 Å². The summed E-state index contributed by atoms with van der Waals surface area (Å²) in [6.07, 6.45) is 0. The summed E-state index contributed by atoms with van der Waals surface area (Å²) >= 11 is 0.911. The Morgan fingerprint density at radius 3 is 0.203 bits per heavy atom. The van der Waals surface area contributed by atoms with Crippen LogP contribution in [0.5, 0.6) is 0 Å². The summed E-state index contributed by atoms with van der Waals surface area (Å²) in [5, 5.41) is 17.3. The van der Waals surface area contributed by atoms with Gasteiger partial charge in [-0.25, -0.2) is 0 Å². The minimum Gasteiger partial charge on any atom is -0.394 e. The molecule has 0 spiro atoms. The minimum absolute atomic E-state index is 0.0144. The highest BCUT2D eigenvalue weighted by Gasteiger charge is 2.05. The Bertz CT molecular complexity index is 1590. The van der Waals surface area contributed by atoms with E-state index in [1.54, 1.807) is 0 Å². The molecule has 42 nitrogen and oxygen atoms in total. The maximum atomic E-state index is 8.63. The molecule has 0 aromatic heterocycles. The molecule has 0 rings (SSSR count). The van der Waals surface area contributed by atoms with Crippen LogP contribution in [0.1, 0.15) is 0 Å². The van der Waals surface area contributed by atoms with Crippen molar-refractivity contribution < 1.29 is 199 Å². The molecule has 0 aromatic carbocycles. The van der Waals surface area contributed by atoms with E-state index in [1.165, 1.54) is 0 Å². The lowest BCUT2D eigenvalue weighted by Crippen LogP contribution is -2.16. The van der Waals surface area contributed by atoms with E-state index in [2.05, 4.69) is 0 Å². The van der Waals surface area contributed by atoms with Crippen LogP contribution >= 0.6 is 12.3 Å². The van der Waals surface area contributed by atoms with E-state index in [9.17, 15) is 0 Å². The van der Waals surface area contributed by atoms with E-state index in [4.69, 9.17) is 199 Å². The monoisotopic (exact) mass is 1830 g/mol. The van der Waals surface area contributed by atoms with E-state index < -0.39 is 0 Å². The summed E-state index contributed by atoms with van der Waals surface area (Å²) in [6, 6.07) is 0.